The van der Waals surface area contributed by atoms with Gasteiger partial charge in [0.2, 0.25) is 0 Å². The molecule has 0 amide bonds. The van der Waals surface area contributed by atoms with E-state index in [0.29, 0.717) is 0 Å². The Bertz CT molecular complexity index is 404. The van der Waals surface area contributed by atoms with E-state index >= 15 is 0 Å². The van der Waals surface area contributed by atoms with Crippen LogP contribution < -0.4 is 5.32 Å². The van der Waals surface area contributed by atoms with E-state index < -0.39 is 0 Å². The fourth-order valence-electron chi connectivity index (χ4n) is 3.14. The van der Waals surface area contributed by atoms with Crippen molar-refractivity contribution >= 4 is 0 Å². The quantitative estimate of drug-likeness (QED) is 0.806. The maximum atomic E-state index is 4.48. The molecule has 1 aromatic heterocycles. The molecule has 0 saturated carbocycles. The molecule has 1 saturated heterocycles. The van der Waals surface area contributed by atoms with E-state index in [1.165, 1.54) is 37.3 Å². The highest BCUT2D eigenvalue weighted by Crippen LogP contribution is 2.31. The van der Waals surface area contributed by atoms with Gasteiger partial charge in [0, 0.05) is 13.0 Å². The Morgan fingerprint density at radius 1 is 1.35 bits per heavy atom. The zero-order chi connectivity index (χ0) is 11.9. The average molecular weight is 234 g/mol. The summed E-state index contributed by atoms with van der Waals surface area (Å²) in [6.45, 7) is 6.78. The van der Waals surface area contributed by atoms with Gasteiger partial charge in [-0.05, 0) is 45.1 Å². The van der Waals surface area contributed by atoms with Crippen molar-refractivity contribution in [3.8, 4) is 0 Å². The lowest BCUT2D eigenvalue weighted by atomic mass is 9.89. The minimum atomic E-state index is 0.0457. The molecule has 4 nitrogen and oxygen atoms in total. The third-order valence-electron chi connectivity index (χ3n) is 4.32. The van der Waals surface area contributed by atoms with Gasteiger partial charge in [-0.15, -0.1) is 10.2 Å². The van der Waals surface area contributed by atoms with E-state index in [-0.39, 0.29) is 5.54 Å². The summed E-state index contributed by atoms with van der Waals surface area (Å²) < 4.78 is 2.36. The van der Waals surface area contributed by atoms with E-state index in [1.54, 1.807) is 0 Å². The molecule has 2 unspecified atom stereocenters. The summed E-state index contributed by atoms with van der Waals surface area (Å²) >= 11 is 0. The summed E-state index contributed by atoms with van der Waals surface area (Å²) in [6.07, 6.45) is 6.10. The molecule has 2 aliphatic rings. The molecule has 3 rings (SSSR count). The molecule has 4 heteroatoms. The molecule has 1 aromatic rings. The normalized spacial score (nSPS) is 33.4. The largest absolute Gasteiger partial charge is 0.313 e. The summed E-state index contributed by atoms with van der Waals surface area (Å²) in [5, 5.41) is 12.5. The summed E-state index contributed by atoms with van der Waals surface area (Å²) in [6, 6.07) is 0. The smallest absolute Gasteiger partial charge is 0.153 e. The third-order valence-corrected chi connectivity index (χ3v) is 4.32. The van der Waals surface area contributed by atoms with Crippen molar-refractivity contribution in [2.75, 3.05) is 6.54 Å². The number of nitrogens with zero attached hydrogens (tertiary/aromatic N) is 3. The van der Waals surface area contributed by atoms with Crippen molar-refractivity contribution in [1.82, 2.24) is 20.1 Å². The topological polar surface area (TPSA) is 42.7 Å². The molecule has 1 N–H and O–H groups in total. The maximum Gasteiger partial charge on any atom is 0.153 e. The minimum Gasteiger partial charge on any atom is -0.313 e. The fraction of sp³-hybridized carbons (Fsp3) is 0.846. The second-order valence-corrected chi connectivity index (χ2v) is 5.91. The predicted octanol–water partition coefficient (Wildman–Crippen LogP) is 1.85. The van der Waals surface area contributed by atoms with Crippen LogP contribution in [0.5, 0.6) is 0 Å². The van der Waals surface area contributed by atoms with Crippen LogP contribution in [0.3, 0.4) is 0 Å². The number of nitrogens with one attached hydrogen (secondary N) is 1. The Hall–Kier alpha value is -0.900. The van der Waals surface area contributed by atoms with Gasteiger partial charge in [-0.2, -0.15) is 0 Å². The molecule has 0 radical (unpaired) electrons. The van der Waals surface area contributed by atoms with Crippen LogP contribution in [0.15, 0.2) is 0 Å². The number of rotatable bonds is 1. The molecule has 0 bridgehead atoms. The molecule has 0 aliphatic carbocycles. The first kappa shape index (κ1) is 11.2. The van der Waals surface area contributed by atoms with E-state index in [1.807, 2.05) is 0 Å². The third kappa shape index (κ3) is 1.88. The van der Waals surface area contributed by atoms with E-state index in [9.17, 15) is 0 Å². The van der Waals surface area contributed by atoms with Gasteiger partial charge in [0.05, 0.1) is 5.54 Å². The Labute approximate surface area is 103 Å². The Morgan fingerprint density at radius 3 is 3.00 bits per heavy atom. The lowest BCUT2D eigenvalue weighted by Crippen LogP contribution is -2.45. The Kier molecular flexibility index (Phi) is 2.69. The standard InChI is InChI=1S/C13H22N4/c1-10-5-8-17-11(9-10)15-16-12(17)13(2)6-3-4-7-14-13/h10,14H,3-9H2,1-2H3. The molecule has 3 heterocycles. The highest BCUT2D eigenvalue weighted by Gasteiger charge is 2.35. The highest BCUT2D eigenvalue weighted by atomic mass is 15.3. The van der Waals surface area contributed by atoms with Gasteiger partial charge < -0.3 is 9.88 Å². The summed E-state index contributed by atoms with van der Waals surface area (Å²) in [5.74, 6) is 3.11. The predicted molar refractivity (Wildman–Crippen MR) is 66.7 cm³/mol. The van der Waals surface area contributed by atoms with Crippen LogP contribution in [0.4, 0.5) is 0 Å². The van der Waals surface area contributed by atoms with Crippen molar-refractivity contribution in [3.63, 3.8) is 0 Å². The van der Waals surface area contributed by atoms with Crippen LogP contribution in [-0.2, 0) is 18.5 Å². The van der Waals surface area contributed by atoms with Crippen molar-refractivity contribution in [1.29, 1.82) is 0 Å². The summed E-state index contributed by atoms with van der Waals surface area (Å²) in [5.41, 5.74) is 0.0457. The van der Waals surface area contributed by atoms with Gasteiger partial charge in [0.1, 0.15) is 5.82 Å². The summed E-state index contributed by atoms with van der Waals surface area (Å²) in [7, 11) is 0. The molecular weight excluding hydrogens is 212 g/mol. The van der Waals surface area contributed by atoms with Gasteiger partial charge in [-0.3, -0.25) is 0 Å². The van der Waals surface area contributed by atoms with E-state index in [2.05, 4.69) is 33.9 Å². The number of hydrogen-bond donors (Lipinski definition) is 1. The fourth-order valence-corrected chi connectivity index (χ4v) is 3.14. The molecule has 1 fully saturated rings. The molecular formula is C13H22N4. The zero-order valence-electron chi connectivity index (χ0n) is 10.9. The van der Waals surface area contributed by atoms with Gasteiger partial charge >= 0.3 is 0 Å². The highest BCUT2D eigenvalue weighted by molar-refractivity contribution is 5.11. The van der Waals surface area contributed by atoms with Gasteiger partial charge in [0.25, 0.3) is 0 Å². The monoisotopic (exact) mass is 234 g/mol. The summed E-state index contributed by atoms with van der Waals surface area (Å²) in [4.78, 5) is 0. The molecule has 0 aromatic carbocycles. The maximum absolute atomic E-state index is 4.48. The zero-order valence-corrected chi connectivity index (χ0v) is 10.9. The van der Waals surface area contributed by atoms with Gasteiger partial charge in [-0.25, -0.2) is 0 Å². The van der Waals surface area contributed by atoms with Crippen LogP contribution in [0.2, 0.25) is 0 Å². The lowest BCUT2D eigenvalue weighted by molar-refractivity contribution is 0.253. The first-order valence-electron chi connectivity index (χ1n) is 6.87. The molecule has 0 spiro atoms. The number of piperidine rings is 1. The number of fused-ring (bicyclic) bond motifs is 1. The van der Waals surface area contributed by atoms with Crippen LogP contribution in [0.1, 0.15) is 51.2 Å². The first-order chi connectivity index (χ1) is 8.19. The Morgan fingerprint density at radius 2 is 2.24 bits per heavy atom. The second-order valence-electron chi connectivity index (χ2n) is 5.91. The first-order valence-corrected chi connectivity index (χ1v) is 6.87. The minimum absolute atomic E-state index is 0.0457. The van der Waals surface area contributed by atoms with Crippen molar-refractivity contribution < 1.29 is 0 Å². The number of aromatic nitrogens is 3. The van der Waals surface area contributed by atoms with Crippen molar-refractivity contribution in [2.45, 2.75) is 58.0 Å². The van der Waals surface area contributed by atoms with E-state index in [0.717, 1.165) is 25.4 Å². The van der Waals surface area contributed by atoms with Crippen LogP contribution in [0.25, 0.3) is 0 Å². The molecule has 2 atom stereocenters. The van der Waals surface area contributed by atoms with Crippen molar-refractivity contribution in [2.24, 2.45) is 5.92 Å². The second kappa shape index (κ2) is 4.09. The average Bonchev–Trinajstić information content (AvgIpc) is 2.73. The Balaban J connectivity index is 1.93. The molecule has 17 heavy (non-hydrogen) atoms. The number of hydrogen-bond acceptors (Lipinski definition) is 3. The van der Waals surface area contributed by atoms with Crippen LogP contribution in [0, 0.1) is 5.92 Å². The van der Waals surface area contributed by atoms with E-state index in [4.69, 9.17) is 0 Å². The molecule has 2 aliphatic heterocycles. The van der Waals surface area contributed by atoms with Crippen LogP contribution >= 0.6 is 0 Å². The van der Waals surface area contributed by atoms with Crippen molar-refractivity contribution in [3.05, 3.63) is 11.6 Å². The van der Waals surface area contributed by atoms with Crippen LogP contribution in [-0.4, -0.2) is 21.3 Å². The SMILES string of the molecule is CC1CCn2c(nnc2C2(C)CCCCN2)C1. The molecule has 94 valence electrons. The van der Waals surface area contributed by atoms with Gasteiger partial charge in [-0.1, -0.05) is 6.92 Å². The van der Waals surface area contributed by atoms with Gasteiger partial charge in [0.15, 0.2) is 5.82 Å². The lowest BCUT2D eigenvalue weighted by Gasteiger charge is -2.35.